The second-order valence-corrected chi connectivity index (χ2v) is 12.0. The maximum absolute atomic E-state index is 12.3. The Morgan fingerprint density at radius 2 is 1.41 bits per heavy atom. The summed E-state index contributed by atoms with van der Waals surface area (Å²) in [7, 11) is -4.38. The van der Waals surface area contributed by atoms with Crippen molar-refractivity contribution in [1.29, 1.82) is 0 Å². The van der Waals surface area contributed by atoms with Gasteiger partial charge < -0.3 is 0 Å². The summed E-state index contributed by atoms with van der Waals surface area (Å²) in [4.78, 5) is 22.8. The zero-order valence-electron chi connectivity index (χ0n) is 13.2. The molecule has 2 N–H and O–H groups in total. The van der Waals surface area contributed by atoms with Crippen LogP contribution in [-0.4, -0.2) is 29.4 Å². The van der Waals surface area contributed by atoms with Crippen molar-refractivity contribution in [3.8, 4) is 0 Å². The van der Waals surface area contributed by atoms with Gasteiger partial charge in [-0.25, -0.2) is 22.9 Å². The first-order valence-electron chi connectivity index (χ1n) is 6.79. The van der Waals surface area contributed by atoms with Crippen LogP contribution >= 0.6 is 92.8 Å². The molecule has 0 saturated heterocycles. The number of benzene rings is 1. The number of anilines is 1. The molecule has 17 heteroatoms. The van der Waals surface area contributed by atoms with Gasteiger partial charge in [0.25, 0.3) is 10.0 Å². The van der Waals surface area contributed by atoms with E-state index >= 15 is 0 Å². The zero-order valence-corrected chi connectivity index (χ0v) is 20.1. The van der Waals surface area contributed by atoms with Gasteiger partial charge in [-0.1, -0.05) is 92.8 Å². The molecule has 0 aliphatic carbocycles. The van der Waals surface area contributed by atoms with Crippen molar-refractivity contribution < 1.29 is 13.2 Å². The lowest BCUT2D eigenvalue weighted by Crippen LogP contribution is -2.35. The highest BCUT2D eigenvalue weighted by Gasteiger charge is 2.34. The number of hydrogen-bond acceptors (Lipinski definition) is 6. The first-order chi connectivity index (χ1) is 13.1. The quantitative estimate of drug-likeness (QED) is 0.472. The number of nitrogens with one attached hydrogen (secondary N) is 2. The van der Waals surface area contributed by atoms with E-state index < -0.39 is 46.1 Å². The molecule has 0 saturated carbocycles. The van der Waals surface area contributed by atoms with Crippen LogP contribution in [0.4, 0.5) is 10.7 Å². The molecule has 0 aliphatic heterocycles. The standard InChI is InChI=1S/C12H5Cl8N5O3S/c13-4-1-2-6(5(14)3-4)29(27,28)25-10(26)24-9-22-7(11(15,16)17)21-8(23-9)12(18,19)20/h1-3H,(H2,21,22,23,24,25,26). The first-order valence-corrected chi connectivity index (χ1v) is 11.3. The van der Waals surface area contributed by atoms with Crippen molar-refractivity contribution in [2.75, 3.05) is 5.32 Å². The molecule has 1 heterocycles. The average Bonchev–Trinajstić information content (AvgIpc) is 2.51. The monoisotopic (exact) mass is 579 g/mol. The molecule has 0 bridgehead atoms. The first kappa shape index (κ1) is 25.0. The summed E-state index contributed by atoms with van der Waals surface area (Å²) in [5.74, 6) is -1.53. The van der Waals surface area contributed by atoms with E-state index in [1.54, 1.807) is 4.72 Å². The van der Waals surface area contributed by atoms with Gasteiger partial charge >= 0.3 is 6.03 Å². The fraction of sp³-hybridized carbons (Fsp3) is 0.167. The molecule has 0 fully saturated rings. The topological polar surface area (TPSA) is 114 Å². The molecule has 1 aromatic heterocycles. The Labute approximate surface area is 204 Å². The van der Waals surface area contributed by atoms with Gasteiger partial charge in [0.05, 0.1) is 5.02 Å². The van der Waals surface area contributed by atoms with Crippen LogP contribution < -0.4 is 10.0 Å². The molecule has 0 atom stereocenters. The second kappa shape index (κ2) is 9.10. The smallest absolute Gasteiger partial charge is 0.275 e. The number of nitrogens with zero attached hydrogens (tertiary/aromatic N) is 3. The Morgan fingerprint density at radius 3 is 1.86 bits per heavy atom. The highest BCUT2D eigenvalue weighted by Crippen LogP contribution is 2.40. The summed E-state index contributed by atoms with van der Waals surface area (Å²) in [5.41, 5.74) is 0. The molecule has 2 rings (SSSR count). The number of alkyl halides is 6. The van der Waals surface area contributed by atoms with Crippen LogP contribution in [0.15, 0.2) is 23.1 Å². The number of sulfonamides is 1. The molecule has 2 aromatic rings. The molecule has 2 amide bonds. The van der Waals surface area contributed by atoms with E-state index in [1.807, 2.05) is 5.32 Å². The number of halogens is 8. The molecular formula is C12H5Cl8N5O3S. The SMILES string of the molecule is O=C(Nc1nc(C(Cl)(Cl)Cl)nc(C(Cl)(Cl)Cl)n1)NS(=O)(=O)c1ccc(Cl)cc1Cl. The van der Waals surface area contributed by atoms with Crippen LogP contribution in [0.25, 0.3) is 0 Å². The third-order valence-corrected chi connectivity index (χ3v) is 5.84. The number of hydrogen-bond donors (Lipinski definition) is 2. The summed E-state index contributed by atoms with van der Waals surface area (Å²) in [5, 5.41) is 1.99. The third-order valence-electron chi connectivity index (χ3n) is 2.78. The molecule has 158 valence electrons. The van der Waals surface area contributed by atoms with Crippen LogP contribution in [-0.2, 0) is 17.6 Å². The molecule has 0 aliphatic rings. The van der Waals surface area contributed by atoms with Crippen LogP contribution in [0.1, 0.15) is 11.6 Å². The van der Waals surface area contributed by atoms with Crippen LogP contribution in [0.2, 0.25) is 10.0 Å². The van der Waals surface area contributed by atoms with Gasteiger partial charge in [0.1, 0.15) is 4.90 Å². The van der Waals surface area contributed by atoms with E-state index in [-0.39, 0.29) is 10.0 Å². The molecule has 0 unspecified atom stereocenters. The van der Waals surface area contributed by atoms with Gasteiger partial charge in [-0.3, -0.25) is 5.32 Å². The van der Waals surface area contributed by atoms with E-state index in [0.29, 0.717) is 0 Å². The van der Waals surface area contributed by atoms with Gasteiger partial charge in [0.2, 0.25) is 13.5 Å². The molecular weight excluding hydrogens is 578 g/mol. The fourth-order valence-electron chi connectivity index (χ4n) is 1.68. The Balaban J connectivity index is 2.32. The van der Waals surface area contributed by atoms with Crippen molar-refractivity contribution in [1.82, 2.24) is 19.7 Å². The molecule has 0 radical (unpaired) electrons. The lowest BCUT2D eigenvalue weighted by atomic mass is 10.4. The number of urea groups is 1. The Hall–Kier alpha value is -0.230. The summed E-state index contributed by atoms with van der Waals surface area (Å²) >= 11 is 45.8. The number of carbonyl (C=O) groups is 1. The maximum Gasteiger partial charge on any atom is 0.335 e. The van der Waals surface area contributed by atoms with Crippen LogP contribution in [0.5, 0.6) is 0 Å². The summed E-state index contributed by atoms with van der Waals surface area (Å²) in [6.07, 6.45) is 0. The fourth-order valence-corrected chi connectivity index (χ4v) is 3.87. The van der Waals surface area contributed by atoms with Gasteiger partial charge in [-0.15, -0.1) is 0 Å². The van der Waals surface area contributed by atoms with Crippen molar-refractivity contribution in [2.45, 2.75) is 12.5 Å². The largest absolute Gasteiger partial charge is 0.335 e. The molecule has 1 aromatic carbocycles. The van der Waals surface area contributed by atoms with E-state index in [1.165, 1.54) is 12.1 Å². The predicted molar refractivity (Wildman–Crippen MR) is 114 cm³/mol. The van der Waals surface area contributed by atoms with Gasteiger partial charge in [0, 0.05) is 5.02 Å². The summed E-state index contributed by atoms with van der Waals surface area (Å²) < 4.78 is 22.0. The van der Waals surface area contributed by atoms with Gasteiger partial charge in [-0.05, 0) is 18.2 Å². The summed E-state index contributed by atoms with van der Waals surface area (Å²) in [6.45, 7) is 0. The van der Waals surface area contributed by atoms with Crippen molar-refractivity contribution in [3.05, 3.63) is 39.9 Å². The van der Waals surface area contributed by atoms with Gasteiger partial charge in [-0.2, -0.15) is 9.97 Å². The van der Waals surface area contributed by atoms with Gasteiger partial charge in [0.15, 0.2) is 11.6 Å². The number of rotatable bonds is 3. The normalized spacial score (nSPS) is 12.6. The molecule has 0 spiro atoms. The molecule has 29 heavy (non-hydrogen) atoms. The van der Waals surface area contributed by atoms with E-state index in [4.69, 9.17) is 92.8 Å². The Kier molecular flexibility index (Phi) is 7.85. The summed E-state index contributed by atoms with van der Waals surface area (Å²) in [6, 6.07) is 2.27. The van der Waals surface area contributed by atoms with E-state index in [9.17, 15) is 13.2 Å². The minimum Gasteiger partial charge on any atom is -0.275 e. The van der Waals surface area contributed by atoms with E-state index in [2.05, 4.69) is 15.0 Å². The number of amides is 2. The van der Waals surface area contributed by atoms with Crippen LogP contribution in [0, 0.1) is 0 Å². The number of aromatic nitrogens is 3. The highest BCUT2D eigenvalue weighted by atomic mass is 35.6. The van der Waals surface area contributed by atoms with E-state index in [0.717, 1.165) is 6.07 Å². The third kappa shape index (κ3) is 6.88. The average molecular weight is 583 g/mol. The maximum atomic E-state index is 12.3. The zero-order chi connectivity index (χ0) is 22.2. The lowest BCUT2D eigenvalue weighted by Gasteiger charge is -2.16. The Bertz CT molecular complexity index is 1020. The minimum atomic E-state index is -4.38. The minimum absolute atomic E-state index is 0.196. The molecule has 8 nitrogen and oxygen atoms in total. The predicted octanol–water partition coefficient (Wildman–Crippen LogP) is 5.34. The highest BCUT2D eigenvalue weighted by molar-refractivity contribution is 7.90. The van der Waals surface area contributed by atoms with Crippen molar-refractivity contribution in [3.63, 3.8) is 0 Å². The second-order valence-electron chi connectivity index (χ2n) is 4.94. The number of carbonyl (C=O) groups excluding carboxylic acids is 1. The lowest BCUT2D eigenvalue weighted by molar-refractivity contribution is 0.256. The van der Waals surface area contributed by atoms with Crippen LogP contribution in [0.3, 0.4) is 0 Å². The van der Waals surface area contributed by atoms with Crippen molar-refractivity contribution >= 4 is 115 Å². The Morgan fingerprint density at radius 1 is 0.897 bits per heavy atom. The van der Waals surface area contributed by atoms with Crippen molar-refractivity contribution in [2.24, 2.45) is 0 Å².